The van der Waals surface area contributed by atoms with Crippen LogP contribution in [0.15, 0.2) is 6.33 Å². The van der Waals surface area contributed by atoms with E-state index in [4.69, 9.17) is 0 Å². The lowest BCUT2D eigenvalue weighted by atomic mass is 9.75. The molecule has 0 radical (unpaired) electrons. The van der Waals surface area contributed by atoms with Crippen molar-refractivity contribution in [3.63, 3.8) is 0 Å². The number of aromatic nitrogens is 3. The van der Waals surface area contributed by atoms with Crippen molar-refractivity contribution in [2.75, 3.05) is 6.54 Å². The second-order valence-electron chi connectivity index (χ2n) is 6.48. The van der Waals surface area contributed by atoms with Crippen LogP contribution in [-0.4, -0.2) is 27.4 Å². The van der Waals surface area contributed by atoms with Crippen molar-refractivity contribution in [2.45, 2.75) is 78.3 Å². The number of rotatable bonds is 8. The van der Waals surface area contributed by atoms with Crippen LogP contribution in [0.3, 0.4) is 0 Å². The van der Waals surface area contributed by atoms with Crippen LogP contribution in [-0.2, 0) is 13.0 Å². The van der Waals surface area contributed by atoms with Gasteiger partial charge in [0.15, 0.2) is 0 Å². The summed E-state index contributed by atoms with van der Waals surface area (Å²) in [6.45, 7) is 8.77. The van der Waals surface area contributed by atoms with E-state index in [2.05, 4.69) is 40.9 Å². The molecule has 3 unspecified atom stereocenters. The summed E-state index contributed by atoms with van der Waals surface area (Å²) < 4.78 is 2.06. The van der Waals surface area contributed by atoms with Crippen LogP contribution >= 0.6 is 0 Å². The zero-order valence-electron chi connectivity index (χ0n) is 14.0. The molecule has 1 aliphatic carbocycles. The normalized spacial score (nSPS) is 26.1. The van der Waals surface area contributed by atoms with Crippen molar-refractivity contribution in [1.29, 1.82) is 0 Å². The summed E-state index contributed by atoms with van der Waals surface area (Å²) in [5.74, 6) is 2.80. The van der Waals surface area contributed by atoms with Gasteiger partial charge in [-0.2, -0.15) is 5.10 Å². The standard InChI is InChI=1S/C17H32N4/c1-4-7-14-8-9-16(18-10-5-2)15(11-14)12-17-19-13-20-21(17)6-3/h13-16,18H,4-12H2,1-3H3. The Kier molecular flexibility index (Phi) is 6.68. The van der Waals surface area contributed by atoms with Crippen LogP contribution in [0.2, 0.25) is 0 Å². The minimum absolute atomic E-state index is 0.667. The number of hydrogen-bond donors (Lipinski definition) is 1. The molecule has 1 saturated carbocycles. The van der Waals surface area contributed by atoms with Gasteiger partial charge in [0.1, 0.15) is 12.2 Å². The molecule has 3 atom stereocenters. The molecular weight excluding hydrogens is 260 g/mol. The van der Waals surface area contributed by atoms with Gasteiger partial charge in [-0.25, -0.2) is 4.98 Å². The lowest BCUT2D eigenvalue weighted by Gasteiger charge is -2.36. The third kappa shape index (κ3) is 4.53. The molecule has 0 aliphatic heterocycles. The fourth-order valence-electron chi connectivity index (χ4n) is 3.80. The van der Waals surface area contributed by atoms with Gasteiger partial charge in [0, 0.05) is 19.0 Å². The van der Waals surface area contributed by atoms with Gasteiger partial charge in [0.25, 0.3) is 0 Å². The summed E-state index contributed by atoms with van der Waals surface area (Å²) in [4.78, 5) is 4.49. The fourth-order valence-corrected chi connectivity index (χ4v) is 3.80. The maximum atomic E-state index is 4.49. The second kappa shape index (κ2) is 8.52. The van der Waals surface area contributed by atoms with Gasteiger partial charge in [-0.3, -0.25) is 4.68 Å². The largest absolute Gasteiger partial charge is 0.314 e. The average molecular weight is 292 g/mol. The first-order chi connectivity index (χ1) is 10.3. The van der Waals surface area contributed by atoms with Crippen LogP contribution in [0.1, 0.15) is 65.1 Å². The molecule has 21 heavy (non-hydrogen) atoms. The molecule has 2 rings (SSSR count). The average Bonchev–Trinajstić information content (AvgIpc) is 2.94. The van der Waals surface area contributed by atoms with Crippen molar-refractivity contribution >= 4 is 0 Å². The Bertz CT molecular complexity index is 401. The monoisotopic (exact) mass is 292 g/mol. The van der Waals surface area contributed by atoms with E-state index in [0.717, 1.165) is 31.3 Å². The zero-order chi connectivity index (χ0) is 15.1. The van der Waals surface area contributed by atoms with E-state index in [0.29, 0.717) is 6.04 Å². The molecule has 0 aromatic carbocycles. The quantitative estimate of drug-likeness (QED) is 0.798. The van der Waals surface area contributed by atoms with Crippen molar-refractivity contribution in [3.8, 4) is 0 Å². The Balaban J connectivity index is 2.01. The zero-order valence-corrected chi connectivity index (χ0v) is 14.0. The Labute approximate surface area is 129 Å². The molecule has 0 bridgehead atoms. The minimum atomic E-state index is 0.667. The van der Waals surface area contributed by atoms with E-state index >= 15 is 0 Å². The highest BCUT2D eigenvalue weighted by Crippen LogP contribution is 2.34. The van der Waals surface area contributed by atoms with Crippen molar-refractivity contribution in [2.24, 2.45) is 11.8 Å². The summed E-state index contributed by atoms with van der Waals surface area (Å²) in [6.07, 6.45) is 10.8. The third-order valence-electron chi connectivity index (χ3n) is 4.88. The summed E-state index contributed by atoms with van der Waals surface area (Å²) in [7, 11) is 0. The van der Waals surface area contributed by atoms with Gasteiger partial charge in [0.05, 0.1) is 0 Å². The van der Waals surface area contributed by atoms with Crippen LogP contribution in [0.25, 0.3) is 0 Å². The lowest BCUT2D eigenvalue weighted by Crippen LogP contribution is -2.42. The predicted octanol–water partition coefficient (Wildman–Crippen LogP) is 3.43. The maximum absolute atomic E-state index is 4.49. The molecule has 4 heteroatoms. The van der Waals surface area contributed by atoms with E-state index in [1.165, 1.54) is 44.3 Å². The molecule has 0 amide bonds. The molecule has 1 aliphatic rings. The van der Waals surface area contributed by atoms with Gasteiger partial charge in [-0.1, -0.05) is 26.7 Å². The van der Waals surface area contributed by atoms with Gasteiger partial charge in [0.2, 0.25) is 0 Å². The molecule has 4 nitrogen and oxygen atoms in total. The maximum Gasteiger partial charge on any atom is 0.138 e. The summed E-state index contributed by atoms with van der Waals surface area (Å²) in [5, 5.41) is 8.10. The number of aryl methyl sites for hydroxylation is 1. The fraction of sp³-hybridized carbons (Fsp3) is 0.882. The first-order valence-electron chi connectivity index (χ1n) is 8.88. The molecule has 1 heterocycles. The van der Waals surface area contributed by atoms with Crippen LogP contribution in [0.4, 0.5) is 0 Å². The summed E-state index contributed by atoms with van der Waals surface area (Å²) >= 11 is 0. The van der Waals surface area contributed by atoms with Crippen LogP contribution in [0, 0.1) is 11.8 Å². The van der Waals surface area contributed by atoms with Crippen molar-refractivity contribution in [1.82, 2.24) is 20.1 Å². The third-order valence-corrected chi connectivity index (χ3v) is 4.88. The molecule has 1 N–H and O–H groups in total. The predicted molar refractivity (Wildman–Crippen MR) is 87.2 cm³/mol. The SMILES string of the molecule is CCCNC1CCC(CCC)CC1Cc1ncnn1CC. The Morgan fingerprint density at radius 2 is 2.10 bits per heavy atom. The second-order valence-corrected chi connectivity index (χ2v) is 6.48. The highest BCUT2D eigenvalue weighted by atomic mass is 15.3. The molecule has 0 saturated heterocycles. The Morgan fingerprint density at radius 3 is 2.81 bits per heavy atom. The Hall–Kier alpha value is -0.900. The van der Waals surface area contributed by atoms with Crippen molar-refractivity contribution < 1.29 is 0 Å². The van der Waals surface area contributed by atoms with E-state index in [1.54, 1.807) is 6.33 Å². The van der Waals surface area contributed by atoms with Gasteiger partial charge >= 0.3 is 0 Å². The van der Waals surface area contributed by atoms with E-state index in [9.17, 15) is 0 Å². The molecule has 1 fully saturated rings. The van der Waals surface area contributed by atoms with E-state index in [-0.39, 0.29) is 0 Å². The number of nitrogens with one attached hydrogen (secondary N) is 1. The smallest absolute Gasteiger partial charge is 0.138 e. The minimum Gasteiger partial charge on any atom is -0.314 e. The van der Waals surface area contributed by atoms with E-state index in [1.807, 2.05) is 0 Å². The highest BCUT2D eigenvalue weighted by molar-refractivity contribution is 4.94. The molecule has 1 aromatic rings. The summed E-state index contributed by atoms with van der Waals surface area (Å²) in [5.41, 5.74) is 0. The van der Waals surface area contributed by atoms with Crippen molar-refractivity contribution in [3.05, 3.63) is 12.2 Å². The molecule has 1 aromatic heterocycles. The molecular formula is C17H32N4. The van der Waals surface area contributed by atoms with Crippen LogP contribution in [0.5, 0.6) is 0 Å². The van der Waals surface area contributed by atoms with E-state index < -0.39 is 0 Å². The Morgan fingerprint density at radius 1 is 1.24 bits per heavy atom. The van der Waals surface area contributed by atoms with Gasteiger partial charge in [-0.15, -0.1) is 0 Å². The number of nitrogens with zero attached hydrogens (tertiary/aromatic N) is 3. The molecule has 0 spiro atoms. The summed E-state index contributed by atoms with van der Waals surface area (Å²) in [6, 6.07) is 0.667. The highest BCUT2D eigenvalue weighted by Gasteiger charge is 2.30. The number of hydrogen-bond acceptors (Lipinski definition) is 3. The lowest BCUT2D eigenvalue weighted by molar-refractivity contribution is 0.190. The first kappa shape index (κ1) is 16.5. The first-order valence-corrected chi connectivity index (χ1v) is 8.88. The van der Waals surface area contributed by atoms with Gasteiger partial charge < -0.3 is 5.32 Å². The van der Waals surface area contributed by atoms with Gasteiger partial charge in [-0.05, 0) is 51.0 Å². The molecule has 120 valence electrons. The topological polar surface area (TPSA) is 42.7 Å². The van der Waals surface area contributed by atoms with Crippen LogP contribution < -0.4 is 5.32 Å².